The number of benzene rings is 1. The van der Waals surface area contributed by atoms with Crippen LogP contribution in [0.15, 0.2) is 35.7 Å². The topological polar surface area (TPSA) is 59.1 Å². The molecule has 166 valence electrons. The molecule has 1 fully saturated rings. The number of hydrogen-bond acceptors (Lipinski definition) is 5. The first-order valence-electron chi connectivity index (χ1n) is 11.1. The van der Waals surface area contributed by atoms with Gasteiger partial charge in [0, 0.05) is 23.9 Å². The van der Waals surface area contributed by atoms with E-state index in [1.54, 1.807) is 11.3 Å². The van der Waals surface area contributed by atoms with Crippen LogP contribution in [0.2, 0.25) is 0 Å². The van der Waals surface area contributed by atoms with Crippen LogP contribution in [0.5, 0.6) is 11.5 Å². The van der Waals surface area contributed by atoms with Crippen LogP contribution < -0.4 is 9.47 Å². The van der Waals surface area contributed by atoms with Crippen molar-refractivity contribution in [2.75, 3.05) is 13.3 Å². The van der Waals surface area contributed by atoms with Gasteiger partial charge in [-0.15, -0.1) is 11.3 Å². The highest BCUT2D eigenvalue weighted by Crippen LogP contribution is 2.33. The minimum atomic E-state index is -0.0122. The summed E-state index contributed by atoms with van der Waals surface area (Å²) in [5, 5.41) is 2.02. The third-order valence-corrected chi connectivity index (χ3v) is 6.56. The molecule has 1 aromatic heterocycles. The predicted molar refractivity (Wildman–Crippen MR) is 120 cm³/mol. The Bertz CT molecular complexity index is 895. The molecule has 7 heteroatoms. The van der Waals surface area contributed by atoms with Crippen molar-refractivity contribution in [1.29, 1.82) is 0 Å². The summed E-state index contributed by atoms with van der Waals surface area (Å²) in [6.45, 7) is 3.52. The molecule has 2 heterocycles. The third kappa shape index (κ3) is 5.79. The van der Waals surface area contributed by atoms with Crippen molar-refractivity contribution in [2.45, 2.75) is 64.6 Å². The van der Waals surface area contributed by atoms with Gasteiger partial charge >= 0.3 is 0 Å². The maximum atomic E-state index is 13.4. The zero-order chi connectivity index (χ0) is 21.6. The molecule has 0 atom stereocenters. The quantitative estimate of drug-likeness (QED) is 0.478. The van der Waals surface area contributed by atoms with Crippen LogP contribution in [-0.4, -0.2) is 41.0 Å². The molecule has 2 aliphatic rings. The van der Waals surface area contributed by atoms with Crippen LogP contribution in [0.4, 0.5) is 0 Å². The molecule has 0 radical (unpaired) electrons. The number of amides is 2. The fraction of sp³-hybridized carbons (Fsp3) is 0.500. The minimum Gasteiger partial charge on any atom is -0.454 e. The molecule has 0 saturated heterocycles. The Morgan fingerprint density at radius 3 is 2.65 bits per heavy atom. The number of carbonyl (C=O) groups excluding carboxylic acids is 2. The number of rotatable bonds is 11. The van der Waals surface area contributed by atoms with E-state index >= 15 is 0 Å². The van der Waals surface area contributed by atoms with Crippen LogP contribution in [0.25, 0.3) is 0 Å². The van der Waals surface area contributed by atoms with Gasteiger partial charge in [-0.3, -0.25) is 9.59 Å². The summed E-state index contributed by atoms with van der Waals surface area (Å²) in [5.41, 5.74) is 0.987. The summed E-state index contributed by atoms with van der Waals surface area (Å²) in [5.74, 6) is 1.55. The van der Waals surface area contributed by atoms with Crippen molar-refractivity contribution in [2.24, 2.45) is 0 Å². The summed E-state index contributed by atoms with van der Waals surface area (Å²) in [4.78, 5) is 30.9. The van der Waals surface area contributed by atoms with E-state index in [9.17, 15) is 9.59 Å². The highest BCUT2D eigenvalue weighted by molar-refractivity contribution is 7.09. The first-order chi connectivity index (χ1) is 15.1. The van der Waals surface area contributed by atoms with Gasteiger partial charge in [-0.05, 0) is 48.4 Å². The van der Waals surface area contributed by atoms with Crippen molar-refractivity contribution < 1.29 is 19.1 Å². The second-order valence-electron chi connectivity index (χ2n) is 8.23. The van der Waals surface area contributed by atoms with Crippen molar-refractivity contribution in [3.63, 3.8) is 0 Å². The number of nitrogens with zero attached hydrogens (tertiary/aromatic N) is 2. The highest BCUT2D eigenvalue weighted by Gasteiger charge is 2.34. The van der Waals surface area contributed by atoms with Gasteiger partial charge in [0.15, 0.2) is 11.5 Å². The van der Waals surface area contributed by atoms with Crippen molar-refractivity contribution in [1.82, 2.24) is 9.80 Å². The van der Waals surface area contributed by atoms with E-state index in [1.165, 1.54) is 0 Å². The smallest absolute Gasteiger partial charge is 0.242 e. The lowest BCUT2D eigenvalue weighted by molar-refractivity contribution is -0.141. The molecule has 31 heavy (non-hydrogen) atoms. The van der Waals surface area contributed by atoms with Gasteiger partial charge in [0.1, 0.15) is 6.54 Å². The average molecular weight is 443 g/mol. The maximum absolute atomic E-state index is 13.4. The van der Waals surface area contributed by atoms with E-state index in [0.29, 0.717) is 25.3 Å². The van der Waals surface area contributed by atoms with Crippen molar-refractivity contribution in [3.05, 3.63) is 46.2 Å². The average Bonchev–Trinajstić information content (AvgIpc) is 3.27. The summed E-state index contributed by atoms with van der Waals surface area (Å²) in [6.07, 6.45) is 5.56. The van der Waals surface area contributed by atoms with Crippen LogP contribution in [0.1, 0.15) is 55.9 Å². The Labute approximate surface area is 187 Å². The molecule has 1 aromatic carbocycles. The van der Waals surface area contributed by atoms with E-state index in [1.807, 2.05) is 45.5 Å². The third-order valence-electron chi connectivity index (χ3n) is 5.70. The summed E-state index contributed by atoms with van der Waals surface area (Å²) in [7, 11) is 0. The Hall–Kier alpha value is -2.54. The molecule has 2 amide bonds. The fourth-order valence-electron chi connectivity index (χ4n) is 3.81. The second-order valence-corrected chi connectivity index (χ2v) is 9.26. The molecular formula is C24H30N2O4S. The van der Waals surface area contributed by atoms with Crippen molar-refractivity contribution >= 4 is 23.2 Å². The summed E-state index contributed by atoms with van der Waals surface area (Å²) < 4.78 is 10.9. The fourth-order valence-corrected chi connectivity index (χ4v) is 4.52. The molecule has 0 bridgehead atoms. The van der Waals surface area contributed by atoms with Gasteiger partial charge in [0.25, 0.3) is 0 Å². The number of hydrogen-bond donors (Lipinski definition) is 0. The summed E-state index contributed by atoms with van der Waals surface area (Å²) in [6, 6.07) is 10.1. The molecule has 0 spiro atoms. The molecule has 0 unspecified atom stereocenters. The van der Waals surface area contributed by atoms with Gasteiger partial charge in [-0.1, -0.05) is 31.9 Å². The molecule has 4 rings (SSSR count). The van der Waals surface area contributed by atoms with Gasteiger partial charge in [0.05, 0.1) is 6.54 Å². The Balaban J connectivity index is 1.46. The molecule has 6 nitrogen and oxygen atoms in total. The predicted octanol–water partition coefficient (Wildman–Crippen LogP) is 4.58. The second kappa shape index (κ2) is 10.2. The van der Waals surface area contributed by atoms with Gasteiger partial charge < -0.3 is 19.3 Å². The molecular weight excluding hydrogens is 412 g/mol. The largest absolute Gasteiger partial charge is 0.454 e. The first kappa shape index (κ1) is 21.7. The van der Waals surface area contributed by atoms with E-state index in [4.69, 9.17) is 9.47 Å². The van der Waals surface area contributed by atoms with E-state index in [-0.39, 0.29) is 31.2 Å². The van der Waals surface area contributed by atoms with Gasteiger partial charge in [0.2, 0.25) is 18.6 Å². The monoisotopic (exact) mass is 442 g/mol. The number of fused-ring (bicyclic) bond motifs is 1. The zero-order valence-electron chi connectivity index (χ0n) is 18.0. The highest BCUT2D eigenvalue weighted by atomic mass is 32.1. The lowest BCUT2D eigenvalue weighted by Gasteiger charge is -2.28. The maximum Gasteiger partial charge on any atom is 0.242 e. The summed E-state index contributed by atoms with van der Waals surface area (Å²) >= 11 is 1.64. The Morgan fingerprint density at radius 1 is 1.06 bits per heavy atom. The zero-order valence-corrected chi connectivity index (χ0v) is 18.9. The normalized spacial score (nSPS) is 14.5. The Morgan fingerprint density at radius 2 is 1.90 bits per heavy atom. The first-order valence-corrected chi connectivity index (χ1v) is 12.0. The number of carbonyl (C=O) groups is 2. The number of thiophene rings is 1. The van der Waals surface area contributed by atoms with Crippen LogP contribution in [-0.2, 0) is 22.7 Å². The van der Waals surface area contributed by atoms with Crippen molar-refractivity contribution in [3.8, 4) is 11.5 Å². The molecule has 0 N–H and O–H groups in total. The molecule has 1 saturated carbocycles. The van der Waals surface area contributed by atoms with E-state index < -0.39 is 0 Å². The lowest BCUT2D eigenvalue weighted by atomic mass is 10.1. The molecule has 2 aromatic rings. The van der Waals surface area contributed by atoms with E-state index in [2.05, 4.69) is 6.92 Å². The van der Waals surface area contributed by atoms with Gasteiger partial charge in [-0.25, -0.2) is 0 Å². The number of unbranched alkanes of at least 4 members (excludes halogenated alkanes) is 2. The number of ether oxygens (including phenoxy) is 2. The standard InChI is InChI=1S/C24H30N2O4S/c1-2-3-4-7-23(27)26(19-9-10-19)16-24(28)25(15-20-6-5-12-31-20)14-18-8-11-21-22(13-18)30-17-29-21/h5-6,8,11-13,19H,2-4,7,9-10,14-17H2,1H3. The lowest BCUT2D eigenvalue weighted by Crippen LogP contribution is -2.43. The SMILES string of the molecule is CCCCCC(=O)N(CC(=O)N(Cc1ccc2c(c1)OCO2)Cc1cccs1)C1CC1. The van der Waals surface area contributed by atoms with Crippen LogP contribution in [0, 0.1) is 0 Å². The van der Waals surface area contributed by atoms with Crippen LogP contribution >= 0.6 is 11.3 Å². The Kier molecular flexibility index (Phi) is 7.12. The molecule has 1 aliphatic carbocycles. The minimum absolute atomic E-state index is 0.0122. The molecule has 1 aliphatic heterocycles. The van der Waals surface area contributed by atoms with Gasteiger partial charge in [-0.2, -0.15) is 0 Å². The van der Waals surface area contributed by atoms with Crippen LogP contribution in [0.3, 0.4) is 0 Å². The van der Waals surface area contributed by atoms with E-state index in [0.717, 1.165) is 48.3 Å².